The Balaban J connectivity index is 1.45. The summed E-state index contributed by atoms with van der Waals surface area (Å²) in [5.74, 6) is 1.60. The predicted molar refractivity (Wildman–Crippen MR) is 121 cm³/mol. The number of nitrogens with one attached hydrogen (secondary N) is 1. The van der Waals surface area contributed by atoms with Crippen molar-refractivity contribution in [2.24, 2.45) is 0 Å². The summed E-state index contributed by atoms with van der Waals surface area (Å²) in [5.41, 5.74) is 3.56. The molecule has 1 atom stereocenters. The fraction of sp³-hybridized carbons (Fsp3) is 0.308. The van der Waals surface area contributed by atoms with Crippen LogP contribution in [-0.4, -0.2) is 31.5 Å². The molecule has 4 nitrogen and oxygen atoms in total. The first-order chi connectivity index (χ1) is 14.5. The van der Waals surface area contributed by atoms with Crippen molar-refractivity contribution < 1.29 is 14.6 Å². The molecule has 2 N–H and O–H groups in total. The predicted octanol–water partition coefficient (Wildman–Crippen LogP) is 4.55. The third-order valence-electron chi connectivity index (χ3n) is 5.38. The second-order valence-electron chi connectivity index (χ2n) is 7.96. The van der Waals surface area contributed by atoms with E-state index in [1.54, 1.807) is 7.11 Å². The van der Waals surface area contributed by atoms with E-state index in [4.69, 9.17) is 9.47 Å². The van der Waals surface area contributed by atoms with Gasteiger partial charge in [-0.15, -0.1) is 0 Å². The summed E-state index contributed by atoms with van der Waals surface area (Å²) in [4.78, 5) is 0. The van der Waals surface area contributed by atoms with E-state index in [-0.39, 0.29) is 12.0 Å². The lowest BCUT2D eigenvalue weighted by molar-refractivity contribution is 0.106. The third-order valence-corrected chi connectivity index (χ3v) is 5.38. The summed E-state index contributed by atoms with van der Waals surface area (Å²) in [6.07, 6.45) is -0.580. The molecule has 0 amide bonds. The largest absolute Gasteiger partial charge is 0.497 e. The molecule has 0 unspecified atom stereocenters. The molecule has 158 valence electrons. The van der Waals surface area contributed by atoms with Gasteiger partial charge in [0.05, 0.1) is 7.11 Å². The smallest absolute Gasteiger partial charge is 0.119 e. The molecule has 0 aromatic heterocycles. The van der Waals surface area contributed by atoms with Gasteiger partial charge in [-0.1, -0.05) is 68.4 Å². The van der Waals surface area contributed by atoms with E-state index in [9.17, 15) is 5.11 Å². The first kappa shape index (κ1) is 21.9. The molecular formula is C26H31NO3. The maximum absolute atomic E-state index is 10.2. The SMILES string of the molecule is COc1ccc(CNC[C@@H](O)COc2ccc(C(C)(C)c3ccccc3)cc2)cc1. The van der Waals surface area contributed by atoms with Crippen LogP contribution in [0.15, 0.2) is 78.9 Å². The number of hydrogen-bond donors (Lipinski definition) is 2. The molecule has 3 rings (SSSR count). The van der Waals surface area contributed by atoms with Gasteiger partial charge in [0.15, 0.2) is 0 Å². The molecule has 0 aliphatic carbocycles. The van der Waals surface area contributed by atoms with Crippen LogP contribution in [0, 0.1) is 0 Å². The van der Waals surface area contributed by atoms with E-state index in [2.05, 4.69) is 55.6 Å². The zero-order chi connectivity index (χ0) is 21.4. The molecular weight excluding hydrogens is 374 g/mol. The van der Waals surface area contributed by atoms with Gasteiger partial charge < -0.3 is 19.9 Å². The first-order valence-corrected chi connectivity index (χ1v) is 10.3. The van der Waals surface area contributed by atoms with Crippen LogP contribution in [0.2, 0.25) is 0 Å². The van der Waals surface area contributed by atoms with E-state index in [0.29, 0.717) is 13.1 Å². The highest BCUT2D eigenvalue weighted by atomic mass is 16.5. The number of benzene rings is 3. The van der Waals surface area contributed by atoms with Gasteiger partial charge in [-0.3, -0.25) is 0 Å². The van der Waals surface area contributed by atoms with Crippen molar-refractivity contribution in [1.82, 2.24) is 5.32 Å². The van der Waals surface area contributed by atoms with Gasteiger partial charge in [-0.05, 0) is 41.0 Å². The van der Waals surface area contributed by atoms with Gasteiger partial charge in [-0.2, -0.15) is 0 Å². The number of rotatable bonds is 10. The van der Waals surface area contributed by atoms with Gasteiger partial charge in [0.1, 0.15) is 24.2 Å². The minimum atomic E-state index is -0.580. The maximum Gasteiger partial charge on any atom is 0.119 e. The van der Waals surface area contributed by atoms with Crippen LogP contribution in [0.1, 0.15) is 30.5 Å². The Kier molecular flexibility index (Phi) is 7.50. The summed E-state index contributed by atoms with van der Waals surface area (Å²) in [6.45, 7) is 5.83. The third kappa shape index (κ3) is 5.85. The normalized spacial score (nSPS) is 12.4. The highest BCUT2D eigenvalue weighted by Crippen LogP contribution is 2.32. The van der Waals surface area contributed by atoms with E-state index in [1.807, 2.05) is 42.5 Å². The second-order valence-corrected chi connectivity index (χ2v) is 7.96. The Labute approximate surface area is 179 Å². The molecule has 0 saturated heterocycles. The van der Waals surface area contributed by atoms with Gasteiger partial charge >= 0.3 is 0 Å². The van der Waals surface area contributed by atoms with Gasteiger partial charge in [-0.25, -0.2) is 0 Å². The highest BCUT2D eigenvalue weighted by Gasteiger charge is 2.22. The Hall–Kier alpha value is -2.82. The molecule has 3 aromatic carbocycles. The molecule has 3 aromatic rings. The van der Waals surface area contributed by atoms with Crippen LogP contribution in [0.3, 0.4) is 0 Å². The Bertz CT molecular complexity index is 890. The number of methoxy groups -OCH3 is 1. The van der Waals surface area contributed by atoms with E-state index >= 15 is 0 Å². The fourth-order valence-corrected chi connectivity index (χ4v) is 3.37. The Morgan fingerprint density at radius 2 is 1.43 bits per heavy atom. The monoisotopic (exact) mass is 405 g/mol. The van der Waals surface area contributed by atoms with Crippen molar-refractivity contribution >= 4 is 0 Å². The number of aliphatic hydroxyl groups is 1. The lowest BCUT2D eigenvalue weighted by atomic mass is 9.78. The van der Waals surface area contributed by atoms with Gasteiger partial charge in [0, 0.05) is 18.5 Å². The van der Waals surface area contributed by atoms with Crippen molar-refractivity contribution in [3.05, 3.63) is 95.6 Å². The molecule has 0 heterocycles. The van der Waals surface area contributed by atoms with Crippen LogP contribution >= 0.6 is 0 Å². The van der Waals surface area contributed by atoms with Crippen molar-refractivity contribution in [2.45, 2.75) is 31.9 Å². The minimum Gasteiger partial charge on any atom is -0.497 e. The number of hydrogen-bond acceptors (Lipinski definition) is 4. The summed E-state index contributed by atoms with van der Waals surface area (Å²) < 4.78 is 10.9. The lowest BCUT2D eigenvalue weighted by Gasteiger charge is -2.26. The van der Waals surface area contributed by atoms with E-state index in [0.717, 1.165) is 17.1 Å². The topological polar surface area (TPSA) is 50.7 Å². The number of aliphatic hydroxyl groups excluding tert-OH is 1. The van der Waals surface area contributed by atoms with Crippen LogP contribution in [0.4, 0.5) is 0 Å². The fourth-order valence-electron chi connectivity index (χ4n) is 3.37. The first-order valence-electron chi connectivity index (χ1n) is 10.3. The average molecular weight is 406 g/mol. The maximum atomic E-state index is 10.2. The van der Waals surface area contributed by atoms with Gasteiger partial charge in [0.2, 0.25) is 0 Å². The standard InChI is InChI=1S/C26H31NO3/c1-26(2,21-7-5-4-6-8-21)22-11-15-25(16-12-22)30-19-23(28)18-27-17-20-9-13-24(29-3)14-10-20/h4-16,23,27-28H,17-19H2,1-3H3/t23-/m1/s1. The second kappa shape index (κ2) is 10.3. The minimum absolute atomic E-state index is 0.0787. The molecule has 4 heteroatoms. The summed E-state index contributed by atoms with van der Waals surface area (Å²) in [7, 11) is 1.65. The molecule has 0 aliphatic rings. The Morgan fingerprint density at radius 3 is 2.07 bits per heavy atom. The molecule has 0 aliphatic heterocycles. The number of ether oxygens (including phenoxy) is 2. The molecule has 0 saturated carbocycles. The van der Waals surface area contributed by atoms with Gasteiger partial charge in [0.25, 0.3) is 0 Å². The summed E-state index contributed by atoms with van der Waals surface area (Å²) >= 11 is 0. The highest BCUT2D eigenvalue weighted by molar-refractivity contribution is 5.39. The zero-order valence-corrected chi connectivity index (χ0v) is 18.0. The zero-order valence-electron chi connectivity index (χ0n) is 18.0. The lowest BCUT2D eigenvalue weighted by Crippen LogP contribution is -2.31. The Morgan fingerprint density at radius 1 is 0.833 bits per heavy atom. The van der Waals surface area contributed by atoms with Crippen LogP contribution in [0.25, 0.3) is 0 Å². The van der Waals surface area contributed by atoms with Crippen molar-refractivity contribution in [3.63, 3.8) is 0 Å². The van der Waals surface area contributed by atoms with Crippen molar-refractivity contribution in [3.8, 4) is 11.5 Å². The molecule has 30 heavy (non-hydrogen) atoms. The van der Waals surface area contributed by atoms with Crippen molar-refractivity contribution in [1.29, 1.82) is 0 Å². The van der Waals surface area contributed by atoms with E-state index < -0.39 is 6.10 Å². The van der Waals surface area contributed by atoms with Crippen LogP contribution in [-0.2, 0) is 12.0 Å². The molecule has 0 radical (unpaired) electrons. The average Bonchev–Trinajstić information content (AvgIpc) is 2.79. The molecule has 0 bridgehead atoms. The van der Waals surface area contributed by atoms with Crippen LogP contribution < -0.4 is 14.8 Å². The summed E-state index contributed by atoms with van der Waals surface area (Å²) in [6, 6.07) is 26.5. The summed E-state index contributed by atoms with van der Waals surface area (Å²) in [5, 5.41) is 13.4. The molecule has 0 spiro atoms. The quantitative estimate of drug-likeness (QED) is 0.520. The molecule has 0 fully saturated rings. The van der Waals surface area contributed by atoms with Crippen LogP contribution in [0.5, 0.6) is 11.5 Å². The van der Waals surface area contributed by atoms with Crippen molar-refractivity contribution in [2.75, 3.05) is 20.3 Å². The van der Waals surface area contributed by atoms with E-state index in [1.165, 1.54) is 11.1 Å².